The molecule has 156 valence electrons. The van der Waals surface area contributed by atoms with Gasteiger partial charge in [-0.15, -0.1) is 0 Å². The van der Waals surface area contributed by atoms with Crippen molar-refractivity contribution in [2.75, 3.05) is 19.7 Å². The number of rotatable bonds is 3. The van der Waals surface area contributed by atoms with Crippen LogP contribution in [0.15, 0.2) is 60.8 Å². The topological polar surface area (TPSA) is 47.4 Å². The molecule has 2 heterocycles. The van der Waals surface area contributed by atoms with E-state index in [2.05, 4.69) is 5.10 Å². The molecule has 8 heteroatoms. The van der Waals surface area contributed by atoms with Crippen molar-refractivity contribution >= 4 is 5.91 Å². The van der Waals surface area contributed by atoms with Crippen molar-refractivity contribution in [1.82, 2.24) is 14.7 Å². The fourth-order valence-corrected chi connectivity index (χ4v) is 3.57. The van der Waals surface area contributed by atoms with E-state index in [4.69, 9.17) is 4.74 Å². The van der Waals surface area contributed by atoms with Gasteiger partial charge in [-0.1, -0.05) is 36.4 Å². The summed E-state index contributed by atoms with van der Waals surface area (Å²) in [6.45, 7) is 2.93. The molecule has 1 amide bonds. The monoisotopic (exact) mass is 415 g/mol. The van der Waals surface area contributed by atoms with Crippen molar-refractivity contribution in [3.8, 4) is 5.69 Å². The number of ether oxygens (including phenoxy) is 1. The average molecular weight is 415 g/mol. The third-order valence-corrected chi connectivity index (χ3v) is 5.18. The summed E-state index contributed by atoms with van der Waals surface area (Å²) in [5.74, 6) is -0.213. The standard InChI is InChI=1S/C22H20F3N3O2/c1-15-19(13-26-28(15)18-9-5-8-17(12-18)22(23,24)25)21(29)27-10-11-30-20(14-27)16-6-3-2-4-7-16/h2-9,12-13,20H,10-11,14H2,1H3. The van der Waals surface area contributed by atoms with Gasteiger partial charge in [0.2, 0.25) is 0 Å². The lowest BCUT2D eigenvalue weighted by Crippen LogP contribution is -2.42. The molecule has 1 aliphatic rings. The molecule has 4 rings (SSSR count). The first-order valence-corrected chi connectivity index (χ1v) is 9.52. The van der Waals surface area contributed by atoms with E-state index in [-0.39, 0.29) is 17.7 Å². The molecule has 0 saturated carbocycles. The maximum Gasteiger partial charge on any atom is 0.416 e. The van der Waals surface area contributed by atoms with Crippen LogP contribution in [-0.4, -0.2) is 40.3 Å². The smallest absolute Gasteiger partial charge is 0.370 e. The molecule has 0 aliphatic carbocycles. The Bertz CT molecular complexity index is 1050. The first-order valence-electron chi connectivity index (χ1n) is 9.52. The van der Waals surface area contributed by atoms with Gasteiger partial charge in [-0.3, -0.25) is 4.79 Å². The number of morpholine rings is 1. The lowest BCUT2D eigenvalue weighted by Gasteiger charge is -2.33. The fraction of sp³-hybridized carbons (Fsp3) is 0.273. The Hall–Kier alpha value is -3.13. The highest BCUT2D eigenvalue weighted by Gasteiger charge is 2.31. The molecule has 0 radical (unpaired) electrons. The molecule has 30 heavy (non-hydrogen) atoms. The predicted octanol–water partition coefficient (Wildman–Crippen LogP) is 4.41. The lowest BCUT2D eigenvalue weighted by molar-refractivity contribution is -0.137. The molecule has 1 saturated heterocycles. The van der Waals surface area contributed by atoms with Crippen LogP contribution < -0.4 is 0 Å². The average Bonchev–Trinajstić information content (AvgIpc) is 3.14. The maximum atomic E-state index is 13.1. The second kappa shape index (κ2) is 7.95. The van der Waals surface area contributed by atoms with Crippen LogP contribution >= 0.6 is 0 Å². The number of hydrogen-bond acceptors (Lipinski definition) is 3. The number of carbonyl (C=O) groups excluding carboxylic acids is 1. The molecule has 1 fully saturated rings. The van der Waals surface area contributed by atoms with Crippen LogP contribution in [0.25, 0.3) is 5.69 Å². The van der Waals surface area contributed by atoms with Crippen LogP contribution in [0.4, 0.5) is 13.2 Å². The normalized spacial score (nSPS) is 17.2. The van der Waals surface area contributed by atoms with Gasteiger partial charge in [-0.05, 0) is 30.7 Å². The Morgan fingerprint density at radius 3 is 2.63 bits per heavy atom. The number of alkyl halides is 3. The lowest BCUT2D eigenvalue weighted by atomic mass is 10.1. The molecule has 2 aromatic carbocycles. The van der Waals surface area contributed by atoms with Gasteiger partial charge in [-0.2, -0.15) is 18.3 Å². The molecule has 0 spiro atoms. The van der Waals surface area contributed by atoms with E-state index < -0.39 is 11.7 Å². The molecule has 1 atom stereocenters. The van der Waals surface area contributed by atoms with Crippen LogP contribution in [-0.2, 0) is 10.9 Å². The minimum atomic E-state index is -4.45. The van der Waals surface area contributed by atoms with E-state index in [9.17, 15) is 18.0 Å². The van der Waals surface area contributed by atoms with Crippen molar-refractivity contribution in [3.63, 3.8) is 0 Å². The van der Waals surface area contributed by atoms with Crippen LogP contribution in [0.5, 0.6) is 0 Å². The predicted molar refractivity (Wildman–Crippen MR) is 104 cm³/mol. The summed E-state index contributed by atoms with van der Waals surface area (Å²) in [7, 11) is 0. The zero-order valence-electron chi connectivity index (χ0n) is 16.3. The number of carbonyl (C=O) groups is 1. The van der Waals surface area contributed by atoms with Crippen LogP contribution in [0.2, 0.25) is 0 Å². The highest BCUT2D eigenvalue weighted by molar-refractivity contribution is 5.95. The van der Waals surface area contributed by atoms with Gasteiger partial charge in [0.25, 0.3) is 5.91 Å². The van der Waals surface area contributed by atoms with Gasteiger partial charge in [0.15, 0.2) is 0 Å². The summed E-state index contributed by atoms with van der Waals surface area (Å²) in [5, 5.41) is 4.17. The molecule has 0 N–H and O–H groups in total. The zero-order chi connectivity index (χ0) is 21.3. The number of halogens is 3. The number of amides is 1. The number of nitrogens with zero attached hydrogens (tertiary/aromatic N) is 3. The minimum Gasteiger partial charge on any atom is -0.370 e. The number of benzene rings is 2. The molecule has 1 aromatic heterocycles. The third-order valence-electron chi connectivity index (χ3n) is 5.18. The quantitative estimate of drug-likeness (QED) is 0.637. The van der Waals surface area contributed by atoms with E-state index in [1.807, 2.05) is 30.3 Å². The molecule has 3 aromatic rings. The summed E-state index contributed by atoms with van der Waals surface area (Å²) < 4.78 is 46.3. The SMILES string of the molecule is Cc1c(C(=O)N2CCOC(c3ccccc3)C2)cnn1-c1cccc(C(F)(F)F)c1. The van der Waals surface area contributed by atoms with E-state index in [0.29, 0.717) is 31.0 Å². The Morgan fingerprint density at radius 1 is 1.13 bits per heavy atom. The highest BCUT2D eigenvalue weighted by Crippen LogP contribution is 2.31. The van der Waals surface area contributed by atoms with Gasteiger partial charge >= 0.3 is 6.18 Å². The van der Waals surface area contributed by atoms with E-state index in [0.717, 1.165) is 17.7 Å². The molecule has 1 aliphatic heterocycles. The van der Waals surface area contributed by atoms with Crippen molar-refractivity contribution in [1.29, 1.82) is 0 Å². The number of aromatic nitrogens is 2. The first kappa shape index (κ1) is 20.2. The van der Waals surface area contributed by atoms with Gasteiger partial charge < -0.3 is 9.64 Å². The molecule has 5 nitrogen and oxygen atoms in total. The molecular formula is C22H20F3N3O2. The van der Waals surface area contributed by atoms with Crippen LogP contribution in [0.1, 0.15) is 33.3 Å². The van der Waals surface area contributed by atoms with Gasteiger partial charge in [0.05, 0.1) is 41.9 Å². The summed E-state index contributed by atoms with van der Waals surface area (Å²) >= 11 is 0. The van der Waals surface area contributed by atoms with Crippen LogP contribution in [0.3, 0.4) is 0 Å². The summed E-state index contributed by atoms with van der Waals surface area (Å²) in [4.78, 5) is 14.8. The van der Waals surface area contributed by atoms with E-state index in [1.165, 1.54) is 23.0 Å². The van der Waals surface area contributed by atoms with Crippen molar-refractivity contribution in [3.05, 3.63) is 83.2 Å². The molecule has 0 bridgehead atoms. The first-order chi connectivity index (χ1) is 14.3. The Balaban J connectivity index is 1.57. The molecular weight excluding hydrogens is 395 g/mol. The summed E-state index contributed by atoms with van der Waals surface area (Å²) in [6.07, 6.45) is -3.26. The van der Waals surface area contributed by atoms with Crippen molar-refractivity contribution in [2.45, 2.75) is 19.2 Å². The fourth-order valence-electron chi connectivity index (χ4n) is 3.57. The maximum absolute atomic E-state index is 13.1. The van der Waals surface area contributed by atoms with Crippen molar-refractivity contribution < 1.29 is 22.7 Å². The van der Waals surface area contributed by atoms with E-state index in [1.54, 1.807) is 11.8 Å². The number of hydrogen-bond donors (Lipinski definition) is 0. The Morgan fingerprint density at radius 2 is 1.90 bits per heavy atom. The minimum absolute atomic E-state index is 0.213. The summed E-state index contributed by atoms with van der Waals surface area (Å²) in [6, 6.07) is 14.6. The zero-order valence-corrected chi connectivity index (χ0v) is 16.3. The Kier molecular flexibility index (Phi) is 5.34. The van der Waals surface area contributed by atoms with Gasteiger partial charge in [0.1, 0.15) is 6.10 Å². The van der Waals surface area contributed by atoms with Crippen molar-refractivity contribution in [2.24, 2.45) is 0 Å². The van der Waals surface area contributed by atoms with Gasteiger partial charge in [0, 0.05) is 6.54 Å². The summed E-state index contributed by atoms with van der Waals surface area (Å²) in [5.41, 5.74) is 1.33. The largest absolute Gasteiger partial charge is 0.416 e. The Labute approximate surface area is 171 Å². The van der Waals surface area contributed by atoms with E-state index >= 15 is 0 Å². The highest BCUT2D eigenvalue weighted by atomic mass is 19.4. The molecule has 1 unspecified atom stereocenters. The second-order valence-corrected chi connectivity index (χ2v) is 7.12. The van der Waals surface area contributed by atoms with Crippen LogP contribution in [0, 0.1) is 6.92 Å². The van der Waals surface area contributed by atoms with Gasteiger partial charge in [-0.25, -0.2) is 4.68 Å². The second-order valence-electron chi connectivity index (χ2n) is 7.12. The third kappa shape index (κ3) is 3.95.